The minimum Gasteiger partial charge on any atom is -0.497 e. The first-order chi connectivity index (χ1) is 13.5. The molecule has 0 aromatic heterocycles. The van der Waals surface area contributed by atoms with E-state index < -0.39 is 11.9 Å². The topological polar surface area (TPSA) is 65.1 Å². The monoisotopic (exact) mass is 379 g/mol. The predicted octanol–water partition coefficient (Wildman–Crippen LogP) is 3.34. The number of ether oxygens (including phenoxy) is 3. The van der Waals surface area contributed by atoms with Crippen LogP contribution in [0.15, 0.2) is 53.7 Å². The van der Waals surface area contributed by atoms with Gasteiger partial charge in [0.2, 0.25) is 5.91 Å². The molecule has 6 nitrogen and oxygen atoms in total. The van der Waals surface area contributed by atoms with E-state index in [1.165, 1.54) is 0 Å². The highest BCUT2D eigenvalue weighted by Crippen LogP contribution is 2.45. The summed E-state index contributed by atoms with van der Waals surface area (Å²) in [6, 6.07) is 13.0. The summed E-state index contributed by atoms with van der Waals surface area (Å²) in [4.78, 5) is 27.3. The van der Waals surface area contributed by atoms with Gasteiger partial charge in [0, 0.05) is 23.6 Å². The number of carbonyl (C=O) groups excluding carboxylic acids is 2. The highest BCUT2D eigenvalue weighted by atomic mass is 16.5. The third kappa shape index (κ3) is 2.91. The highest BCUT2D eigenvalue weighted by molar-refractivity contribution is 6.06. The van der Waals surface area contributed by atoms with Crippen LogP contribution in [0.3, 0.4) is 0 Å². The van der Waals surface area contributed by atoms with Gasteiger partial charge in [-0.2, -0.15) is 0 Å². The molecule has 0 fully saturated rings. The van der Waals surface area contributed by atoms with Crippen molar-refractivity contribution in [3.05, 3.63) is 64.9 Å². The van der Waals surface area contributed by atoms with Crippen LogP contribution in [0.25, 0.3) is 0 Å². The number of cyclic esters (lactones) is 1. The Morgan fingerprint density at radius 3 is 2.46 bits per heavy atom. The SMILES string of the molecule is COc1ccc(OC)c(C2CC(=O)N(c3ccc(C)cc3)C3=C2C(=O)OC3)c1. The van der Waals surface area contributed by atoms with E-state index in [-0.39, 0.29) is 18.9 Å². The maximum Gasteiger partial charge on any atom is 0.336 e. The molecule has 2 heterocycles. The van der Waals surface area contributed by atoms with Crippen LogP contribution in [-0.4, -0.2) is 32.7 Å². The van der Waals surface area contributed by atoms with Gasteiger partial charge >= 0.3 is 5.97 Å². The van der Waals surface area contributed by atoms with E-state index in [1.54, 1.807) is 31.3 Å². The molecule has 1 amide bonds. The van der Waals surface area contributed by atoms with Crippen molar-refractivity contribution in [2.45, 2.75) is 19.3 Å². The summed E-state index contributed by atoms with van der Waals surface area (Å²) in [5.41, 5.74) is 3.68. The molecule has 2 aliphatic rings. The van der Waals surface area contributed by atoms with Crippen molar-refractivity contribution in [1.29, 1.82) is 0 Å². The molecule has 0 aliphatic carbocycles. The summed E-state index contributed by atoms with van der Waals surface area (Å²) < 4.78 is 16.1. The van der Waals surface area contributed by atoms with E-state index in [4.69, 9.17) is 14.2 Å². The number of hydrogen-bond donors (Lipinski definition) is 0. The van der Waals surface area contributed by atoms with Gasteiger partial charge in [0.05, 0.1) is 25.5 Å². The largest absolute Gasteiger partial charge is 0.497 e. The number of benzene rings is 2. The molecule has 0 saturated heterocycles. The van der Waals surface area contributed by atoms with Gasteiger partial charge in [-0.3, -0.25) is 9.69 Å². The average Bonchev–Trinajstić information content (AvgIpc) is 3.09. The van der Waals surface area contributed by atoms with Crippen molar-refractivity contribution < 1.29 is 23.8 Å². The summed E-state index contributed by atoms with van der Waals surface area (Å²) in [6.07, 6.45) is 0.144. The van der Waals surface area contributed by atoms with E-state index in [2.05, 4.69) is 0 Å². The van der Waals surface area contributed by atoms with E-state index >= 15 is 0 Å². The zero-order valence-electron chi connectivity index (χ0n) is 16.0. The summed E-state index contributed by atoms with van der Waals surface area (Å²) in [7, 11) is 3.14. The first kappa shape index (κ1) is 18.1. The zero-order valence-corrected chi connectivity index (χ0v) is 16.0. The molecule has 0 spiro atoms. The third-order valence-electron chi connectivity index (χ3n) is 5.22. The Kier molecular flexibility index (Phi) is 4.55. The van der Waals surface area contributed by atoms with Gasteiger partial charge in [-0.15, -0.1) is 0 Å². The van der Waals surface area contributed by atoms with Gasteiger partial charge < -0.3 is 14.2 Å². The maximum atomic E-state index is 13.1. The fraction of sp³-hybridized carbons (Fsp3) is 0.273. The third-order valence-corrected chi connectivity index (χ3v) is 5.22. The average molecular weight is 379 g/mol. The molecular formula is C22H21NO5. The fourth-order valence-electron chi connectivity index (χ4n) is 3.82. The summed E-state index contributed by atoms with van der Waals surface area (Å²) >= 11 is 0. The molecule has 1 unspecified atom stereocenters. The zero-order chi connectivity index (χ0) is 19.8. The Morgan fingerprint density at radius 1 is 1.04 bits per heavy atom. The number of aryl methyl sites for hydroxylation is 1. The van der Waals surface area contributed by atoms with Crippen molar-refractivity contribution >= 4 is 17.6 Å². The van der Waals surface area contributed by atoms with Crippen LogP contribution < -0.4 is 14.4 Å². The Hall–Kier alpha value is -3.28. The second kappa shape index (κ2) is 7.03. The van der Waals surface area contributed by atoms with Crippen molar-refractivity contribution in [2.75, 3.05) is 25.7 Å². The van der Waals surface area contributed by atoms with Gasteiger partial charge in [0.15, 0.2) is 0 Å². The van der Waals surface area contributed by atoms with E-state index in [0.29, 0.717) is 22.8 Å². The number of hydrogen-bond acceptors (Lipinski definition) is 5. The van der Waals surface area contributed by atoms with Crippen LogP contribution in [0.4, 0.5) is 5.69 Å². The Morgan fingerprint density at radius 2 is 1.79 bits per heavy atom. The molecule has 6 heteroatoms. The van der Waals surface area contributed by atoms with Crippen LogP contribution in [-0.2, 0) is 14.3 Å². The lowest BCUT2D eigenvalue weighted by Gasteiger charge is -2.32. The van der Waals surface area contributed by atoms with Crippen LogP contribution in [0, 0.1) is 6.92 Å². The van der Waals surface area contributed by atoms with Gasteiger partial charge in [0.25, 0.3) is 0 Å². The normalized spacial score (nSPS) is 18.8. The second-order valence-corrected chi connectivity index (χ2v) is 6.87. The van der Waals surface area contributed by atoms with E-state index in [1.807, 2.05) is 37.3 Å². The van der Waals surface area contributed by atoms with Crippen molar-refractivity contribution in [2.24, 2.45) is 0 Å². The Balaban J connectivity index is 1.85. The Labute approximate surface area is 163 Å². The number of rotatable bonds is 4. The lowest BCUT2D eigenvalue weighted by Crippen LogP contribution is -2.37. The number of amides is 1. The summed E-state index contributed by atoms with van der Waals surface area (Å²) in [6.45, 7) is 2.07. The van der Waals surface area contributed by atoms with Gasteiger partial charge in [0.1, 0.15) is 18.1 Å². The van der Waals surface area contributed by atoms with Crippen LogP contribution in [0.5, 0.6) is 11.5 Å². The molecule has 0 saturated carbocycles. The van der Waals surface area contributed by atoms with Crippen molar-refractivity contribution in [1.82, 2.24) is 0 Å². The molecule has 2 aromatic rings. The smallest absolute Gasteiger partial charge is 0.336 e. The first-order valence-electron chi connectivity index (χ1n) is 9.05. The van der Waals surface area contributed by atoms with E-state index in [9.17, 15) is 9.59 Å². The van der Waals surface area contributed by atoms with E-state index in [0.717, 1.165) is 16.8 Å². The van der Waals surface area contributed by atoms with Crippen molar-refractivity contribution in [3.63, 3.8) is 0 Å². The standard InChI is InChI=1S/C22H21NO5/c1-13-4-6-14(7-5-13)23-18-12-28-22(25)21(18)17(11-20(23)24)16-10-15(26-2)8-9-19(16)27-3/h4-10,17H,11-12H2,1-3H3. The second-order valence-electron chi connectivity index (χ2n) is 6.87. The van der Waals surface area contributed by atoms with Crippen LogP contribution in [0.1, 0.15) is 23.5 Å². The maximum absolute atomic E-state index is 13.1. The molecule has 2 aliphatic heterocycles. The molecule has 0 radical (unpaired) electrons. The predicted molar refractivity (Wildman–Crippen MR) is 104 cm³/mol. The number of esters is 1. The number of methoxy groups -OCH3 is 2. The molecule has 28 heavy (non-hydrogen) atoms. The van der Waals surface area contributed by atoms with Gasteiger partial charge in [-0.1, -0.05) is 17.7 Å². The number of carbonyl (C=O) groups is 2. The summed E-state index contributed by atoms with van der Waals surface area (Å²) in [5.74, 6) is 0.321. The van der Waals surface area contributed by atoms with Crippen LogP contribution >= 0.6 is 0 Å². The fourth-order valence-corrected chi connectivity index (χ4v) is 3.82. The molecule has 4 rings (SSSR count). The molecule has 144 valence electrons. The molecule has 0 bridgehead atoms. The first-order valence-corrected chi connectivity index (χ1v) is 9.05. The minimum absolute atomic E-state index is 0.0799. The summed E-state index contributed by atoms with van der Waals surface area (Å²) in [5, 5.41) is 0. The molecule has 2 aromatic carbocycles. The molecular weight excluding hydrogens is 358 g/mol. The van der Waals surface area contributed by atoms with Gasteiger partial charge in [-0.25, -0.2) is 4.79 Å². The number of anilines is 1. The lowest BCUT2D eigenvalue weighted by molar-refractivity contribution is -0.136. The van der Waals surface area contributed by atoms with Gasteiger partial charge in [-0.05, 0) is 37.3 Å². The van der Waals surface area contributed by atoms with Crippen LogP contribution in [0.2, 0.25) is 0 Å². The quantitative estimate of drug-likeness (QED) is 0.763. The molecule has 0 N–H and O–H groups in total. The molecule has 1 atom stereocenters. The van der Waals surface area contributed by atoms with Crippen molar-refractivity contribution in [3.8, 4) is 11.5 Å². The minimum atomic E-state index is -0.441. The lowest BCUT2D eigenvalue weighted by atomic mass is 9.83. The highest BCUT2D eigenvalue weighted by Gasteiger charge is 2.43. The number of nitrogens with zero attached hydrogens (tertiary/aromatic N) is 1. The Bertz CT molecular complexity index is 977.